The maximum atomic E-state index is 9.73. The summed E-state index contributed by atoms with van der Waals surface area (Å²) in [5.41, 5.74) is 1.99. The van der Waals surface area contributed by atoms with Crippen molar-refractivity contribution < 1.29 is 9.84 Å². The summed E-state index contributed by atoms with van der Waals surface area (Å²) in [6.45, 7) is 8.45. The van der Waals surface area contributed by atoms with E-state index in [1.807, 2.05) is 25.1 Å². The lowest BCUT2D eigenvalue weighted by atomic mass is 9.87. The molecule has 0 aliphatic heterocycles. The molecule has 0 bridgehead atoms. The first-order valence-corrected chi connectivity index (χ1v) is 7.32. The number of benzene rings is 1. The summed E-state index contributed by atoms with van der Waals surface area (Å²) < 4.78 is 5.84. The summed E-state index contributed by atoms with van der Waals surface area (Å²) in [4.78, 5) is 4.24. The van der Waals surface area contributed by atoms with Crippen LogP contribution in [0.1, 0.15) is 51.5 Å². The Labute approximate surface area is 126 Å². The first-order valence-electron chi connectivity index (χ1n) is 7.32. The van der Waals surface area contributed by atoms with Gasteiger partial charge in [-0.15, -0.1) is 0 Å². The lowest BCUT2D eigenvalue weighted by Crippen LogP contribution is -2.10. The monoisotopic (exact) mass is 285 g/mol. The number of rotatable bonds is 4. The Balaban J connectivity index is 2.15. The van der Waals surface area contributed by atoms with Crippen LogP contribution in [-0.2, 0) is 5.41 Å². The van der Waals surface area contributed by atoms with Gasteiger partial charge >= 0.3 is 0 Å². The summed E-state index contributed by atoms with van der Waals surface area (Å²) in [7, 11) is 0. The molecule has 0 aliphatic rings. The second-order valence-corrected chi connectivity index (χ2v) is 6.22. The minimum absolute atomic E-state index is 0.0900. The Kier molecular flexibility index (Phi) is 4.63. The number of aromatic nitrogens is 1. The van der Waals surface area contributed by atoms with Crippen molar-refractivity contribution in [3.63, 3.8) is 0 Å². The number of hydrogen-bond acceptors (Lipinski definition) is 3. The van der Waals surface area contributed by atoms with Crippen molar-refractivity contribution >= 4 is 0 Å². The molecule has 1 heterocycles. The first kappa shape index (κ1) is 15.5. The van der Waals surface area contributed by atoms with Crippen molar-refractivity contribution in [3.8, 4) is 11.5 Å². The zero-order chi connectivity index (χ0) is 15.5. The molecule has 112 valence electrons. The SMILES string of the molecule is CCC(O)c1ccc(Oc2cccc(C(C)(C)C)c2)cn1. The fourth-order valence-electron chi connectivity index (χ4n) is 2.02. The Bertz CT molecular complexity index is 585. The van der Waals surface area contributed by atoms with E-state index in [4.69, 9.17) is 4.74 Å². The Morgan fingerprint density at radius 1 is 1.14 bits per heavy atom. The van der Waals surface area contributed by atoms with Crippen LogP contribution < -0.4 is 4.74 Å². The van der Waals surface area contributed by atoms with Gasteiger partial charge in [-0.05, 0) is 41.7 Å². The predicted molar refractivity (Wildman–Crippen MR) is 84.7 cm³/mol. The van der Waals surface area contributed by atoms with Crippen LogP contribution in [0.5, 0.6) is 11.5 Å². The van der Waals surface area contributed by atoms with Crippen LogP contribution >= 0.6 is 0 Å². The van der Waals surface area contributed by atoms with Crippen LogP contribution in [0.2, 0.25) is 0 Å². The minimum atomic E-state index is -0.511. The van der Waals surface area contributed by atoms with Gasteiger partial charge in [0.05, 0.1) is 18.0 Å². The average molecular weight is 285 g/mol. The van der Waals surface area contributed by atoms with Gasteiger partial charge in [-0.25, -0.2) is 0 Å². The molecule has 1 N–H and O–H groups in total. The molecule has 1 aromatic carbocycles. The molecule has 0 fully saturated rings. The second kappa shape index (κ2) is 6.27. The molecule has 1 atom stereocenters. The van der Waals surface area contributed by atoms with E-state index in [2.05, 4.69) is 37.9 Å². The topological polar surface area (TPSA) is 42.4 Å². The maximum Gasteiger partial charge on any atom is 0.145 e. The van der Waals surface area contributed by atoms with Crippen LogP contribution in [0, 0.1) is 0 Å². The highest BCUT2D eigenvalue weighted by molar-refractivity contribution is 5.36. The first-order chi connectivity index (χ1) is 9.90. The van der Waals surface area contributed by atoms with E-state index in [9.17, 15) is 5.11 Å². The summed E-state index contributed by atoms with van der Waals surface area (Å²) in [6.07, 6.45) is 1.79. The van der Waals surface area contributed by atoms with E-state index in [1.54, 1.807) is 12.3 Å². The molecule has 0 amide bonds. The molecular formula is C18H23NO2. The molecule has 1 aromatic heterocycles. The number of aliphatic hydroxyl groups is 1. The van der Waals surface area contributed by atoms with Gasteiger partial charge in [-0.1, -0.05) is 39.8 Å². The van der Waals surface area contributed by atoms with Crippen LogP contribution in [0.3, 0.4) is 0 Å². The Morgan fingerprint density at radius 2 is 1.90 bits per heavy atom. The average Bonchev–Trinajstić information content (AvgIpc) is 2.47. The van der Waals surface area contributed by atoms with Gasteiger partial charge in [-0.3, -0.25) is 4.98 Å². The molecule has 3 heteroatoms. The summed E-state index contributed by atoms with van der Waals surface area (Å²) in [5.74, 6) is 1.47. The summed E-state index contributed by atoms with van der Waals surface area (Å²) in [6, 6.07) is 11.7. The Morgan fingerprint density at radius 3 is 2.48 bits per heavy atom. The van der Waals surface area contributed by atoms with E-state index in [1.165, 1.54) is 5.56 Å². The number of hydrogen-bond donors (Lipinski definition) is 1. The normalized spacial score (nSPS) is 13.0. The lowest BCUT2D eigenvalue weighted by molar-refractivity contribution is 0.169. The molecule has 2 rings (SSSR count). The number of pyridine rings is 1. The van der Waals surface area contributed by atoms with Crippen LogP contribution in [0.4, 0.5) is 0 Å². The van der Waals surface area contributed by atoms with Gasteiger partial charge in [0.2, 0.25) is 0 Å². The van der Waals surface area contributed by atoms with Crippen molar-refractivity contribution in [3.05, 3.63) is 53.9 Å². The van der Waals surface area contributed by atoms with E-state index in [0.29, 0.717) is 17.9 Å². The molecule has 0 saturated carbocycles. The van der Waals surface area contributed by atoms with Crippen molar-refractivity contribution in [2.45, 2.75) is 45.6 Å². The molecule has 3 nitrogen and oxygen atoms in total. The quantitative estimate of drug-likeness (QED) is 0.891. The zero-order valence-electron chi connectivity index (χ0n) is 13.1. The van der Waals surface area contributed by atoms with E-state index >= 15 is 0 Å². The molecule has 21 heavy (non-hydrogen) atoms. The van der Waals surface area contributed by atoms with E-state index in [-0.39, 0.29) is 5.41 Å². The van der Waals surface area contributed by atoms with Gasteiger partial charge in [0.25, 0.3) is 0 Å². The molecule has 0 saturated heterocycles. The highest BCUT2D eigenvalue weighted by Crippen LogP contribution is 2.28. The largest absolute Gasteiger partial charge is 0.456 e. The van der Waals surface area contributed by atoms with E-state index < -0.39 is 6.10 Å². The third kappa shape index (κ3) is 4.05. The van der Waals surface area contributed by atoms with Gasteiger partial charge in [0, 0.05) is 0 Å². The van der Waals surface area contributed by atoms with Gasteiger partial charge in [0.1, 0.15) is 11.5 Å². The third-order valence-corrected chi connectivity index (χ3v) is 3.42. The summed E-state index contributed by atoms with van der Waals surface area (Å²) >= 11 is 0. The van der Waals surface area contributed by atoms with Gasteiger partial charge < -0.3 is 9.84 Å². The van der Waals surface area contributed by atoms with Gasteiger partial charge in [-0.2, -0.15) is 0 Å². The smallest absolute Gasteiger partial charge is 0.145 e. The van der Waals surface area contributed by atoms with Crippen molar-refractivity contribution in [2.24, 2.45) is 0 Å². The second-order valence-electron chi connectivity index (χ2n) is 6.22. The third-order valence-electron chi connectivity index (χ3n) is 3.42. The Hall–Kier alpha value is -1.87. The van der Waals surface area contributed by atoms with E-state index in [0.717, 1.165) is 5.75 Å². The number of ether oxygens (including phenoxy) is 1. The zero-order valence-corrected chi connectivity index (χ0v) is 13.1. The van der Waals surface area contributed by atoms with Gasteiger partial charge in [0.15, 0.2) is 0 Å². The van der Waals surface area contributed by atoms with Crippen molar-refractivity contribution in [1.29, 1.82) is 0 Å². The molecular weight excluding hydrogens is 262 g/mol. The molecule has 0 radical (unpaired) electrons. The van der Waals surface area contributed by atoms with Crippen LogP contribution in [0.15, 0.2) is 42.6 Å². The standard InChI is InChI=1S/C18H23NO2/c1-5-17(20)16-10-9-15(12-19-16)21-14-8-6-7-13(11-14)18(2,3)4/h6-12,17,20H,5H2,1-4H3. The fourth-order valence-corrected chi connectivity index (χ4v) is 2.02. The lowest BCUT2D eigenvalue weighted by Gasteiger charge is -2.19. The predicted octanol–water partition coefficient (Wildman–Crippen LogP) is 4.61. The molecule has 2 aromatic rings. The molecule has 0 aliphatic carbocycles. The maximum absolute atomic E-state index is 9.73. The minimum Gasteiger partial charge on any atom is -0.456 e. The van der Waals surface area contributed by atoms with Crippen molar-refractivity contribution in [2.75, 3.05) is 0 Å². The number of aliphatic hydroxyl groups excluding tert-OH is 1. The number of nitrogens with zero attached hydrogens (tertiary/aromatic N) is 1. The fraction of sp³-hybridized carbons (Fsp3) is 0.389. The molecule has 0 spiro atoms. The molecule has 1 unspecified atom stereocenters. The summed E-state index contributed by atoms with van der Waals surface area (Å²) in [5, 5.41) is 9.73. The highest BCUT2D eigenvalue weighted by Gasteiger charge is 2.14. The van der Waals surface area contributed by atoms with Crippen LogP contribution in [0.25, 0.3) is 0 Å². The highest BCUT2D eigenvalue weighted by atomic mass is 16.5. The van der Waals surface area contributed by atoms with Crippen molar-refractivity contribution in [1.82, 2.24) is 4.98 Å². The van der Waals surface area contributed by atoms with Crippen LogP contribution in [-0.4, -0.2) is 10.1 Å².